The summed E-state index contributed by atoms with van der Waals surface area (Å²) in [5.41, 5.74) is 7.33. The van der Waals surface area contributed by atoms with Gasteiger partial charge in [0.05, 0.1) is 45.5 Å². The Morgan fingerprint density at radius 3 is 2.45 bits per heavy atom. The molecule has 3 heterocycles. The molecule has 9 heteroatoms. The van der Waals surface area contributed by atoms with Gasteiger partial charge in [-0.15, -0.1) is 11.3 Å². The fourth-order valence-corrected chi connectivity index (χ4v) is 6.62. The highest BCUT2D eigenvalue weighted by Crippen LogP contribution is 2.44. The second-order valence-corrected chi connectivity index (χ2v) is 13.1. The predicted molar refractivity (Wildman–Crippen MR) is 178 cm³/mol. The molecule has 224 valence electrons. The number of thiazole rings is 1. The lowest BCUT2D eigenvalue weighted by molar-refractivity contribution is -0.166. The molecular formula is C35H33ClN4O3S. The maximum atomic E-state index is 13.4. The van der Waals surface area contributed by atoms with Crippen molar-refractivity contribution in [2.75, 3.05) is 6.61 Å². The predicted octanol–water partition coefficient (Wildman–Crippen LogP) is 8.96. The van der Waals surface area contributed by atoms with E-state index in [0.717, 1.165) is 65.3 Å². The van der Waals surface area contributed by atoms with Crippen LogP contribution in [0.5, 0.6) is 0 Å². The van der Waals surface area contributed by atoms with Crippen molar-refractivity contribution in [2.45, 2.75) is 46.3 Å². The van der Waals surface area contributed by atoms with Gasteiger partial charge in [0.1, 0.15) is 5.01 Å². The summed E-state index contributed by atoms with van der Waals surface area (Å²) in [4.78, 5) is 23.5. The van der Waals surface area contributed by atoms with Gasteiger partial charge in [-0.2, -0.15) is 5.10 Å². The molecular weight excluding hydrogens is 592 g/mol. The average molecular weight is 625 g/mol. The number of nitrogens with zero attached hydrogens (tertiary/aromatic N) is 4. The van der Waals surface area contributed by atoms with Gasteiger partial charge in [0.15, 0.2) is 6.10 Å². The van der Waals surface area contributed by atoms with E-state index in [4.69, 9.17) is 31.0 Å². The van der Waals surface area contributed by atoms with Crippen LogP contribution in [0.2, 0.25) is 5.02 Å². The zero-order valence-electron chi connectivity index (χ0n) is 25.5. The Bertz CT molecular complexity index is 2010. The van der Waals surface area contributed by atoms with Crippen molar-refractivity contribution in [3.05, 3.63) is 89.1 Å². The summed E-state index contributed by atoms with van der Waals surface area (Å²) in [5.74, 6) is -0.426. The Morgan fingerprint density at radius 1 is 1.00 bits per heavy atom. The number of rotatable bonds is 7. The fourth-order valence-electron chi connectivity index (χ4n) is 5.40. The highest BCUT2D eigenvalue weighted by Gasteiger charge is 2.33. The molecule has 0 saturated carbocycles. The quantitative estimate of drug-likeness (QED) is 0.165. The number of benzene rings is 3. The van der Waals surface area contributed by atoms with Crippen LogP contribution in [0, 0.1) is 6.92 Å². The van der Waals surface area contributed by atoms with Crippen molar-refractivity contribution in [3.8, 4) is 33.1 Å². The van der Waals surface area contributed by atoms with Gasteiger partial charge >= 0.3 is 5.97 Å². The number of halogens is 1. The number of aryl methyl sites for hydroxylation is 2. The third-order valence-corrected chi connectivity index (χ3v) is 8.67. The molecule has 6 aromatic rings. The van der Waals surface area contributed by atoms with Gasteiger partial charge in [0, 0.05) is 34.1 Å². The topological polar surface area (TPSA) is 79.1 Å². The van der Waals surface area contributed by atoms with Gasteiger partial charge in [-0.1, -0.05) is 35.9 Å². The van der Waals surface area contributed by atoms with E-state index < -0.39 is 17.7 Å². The van der Waals surface area contributed by atoms with E-state index in [1.54, 1.807) is 18.3 Å². The van der Waals surface area contributed by atoms with Crippen LogP contribution < -0.4 is 0 Å². The molecule has 6 rings (SSSR count). The maximum Gasteiger partial charge on any atom is 0.339 e. The van der Waals surface area contributed by atoms with Crippen LogP contribution in [0.25, 0.3) is 54.2 Å². The third-order valence-electron chi connectivity index (χ3n) is 7.31. The molecule has 0 aliphatic carbocycles. The molecule has 0 unspecified atom stereocenters. The average Bonchev–Trinajstić information content (AvgIpc) is 3.58. The first-order valence-corrected chi connectivity index (χ1v) is 15.7. The van der Waals surface area contributed by atoms with E-state index in [1.165, 1.54) is 0 Å². The van der Waals surface area contributed by atoms with Crippen LogP contribution in [0.1, 0.15) is 44.9 Å². The first-order chi connectivity index (χ1) is 21.0. The summed E-state index contributed by atoms with van der Waals surface area (Å²) in [7, 11) is 1.93. The molecule has 0 N–H and O–H groups in total. The van der Waals surface area contributed by atoms with Crippen molar-refractivity contribution in [1.82, 2.24) is 19.7 Å². The standard InChI is InChI=1S/C35H33ClN4O3S/c1-7-42-34(41)31(43-35(3,4)5)29-20(2)17-27-32(30(29)21-11-14-24(36)15-12-21)44-33(39-27)26-10-8-9-25(38-26)22-13-16-28-23(18-22)19-37-40(28)6/h8-19,31H,7H2,1-6H3/t31-/m0/s1. The van der Waals surface area contributed by atoms with Crippen molar-refractivity contribution in [3.63, 3.8) is 0 Å². The molecule has 0 saturated heterocycles. The third kappa shape index (κ3) is 5.85. The van der Waals surface area contributed by atoms with Crippen LogP contribution in [-0.4, -0.2) is 37.9 Å². The first-order valence-electron chi connectivity index (χ1n) is 14.5. The molecule has 44 heavy (non-hydrogen) atoms. The Labute approximate surface area is 265 Å². The van der Waals surface area contributed by atoms with Gasteiger partial charge in [0.25, 0.3) is 0 Å². The number of fused-ring (bicyclic) bond motifs is 2. The van der Waals surface area contributed by atoms with Crippen LogP contribution in [-0.2, 0) is 21.3 Å². The lowest BCUT2D eigenvalue weighted by Crippen LogP contribution is -2.29. The Hall–Kier alpha value is -4.11. The molecule has 0 fully saturated rings. The molecule has 0 bridgehead atoms. The van der Waals surface area contributed by atoms with Gasteiger partial charge in [-0.25, -0.2) is 14.8 Å². The summed E-state index contributed by atoms with van der Waals surface area (Å²) in [6, 6.07) is 21.9. The van der Waals surface area contributed by atoms with E-state index in [-0.39, 0.29) is 6.61 Å². The van der Waals surface area contributed by atoms with E-state index in [9.17, 15) is 4.79 Å². The first kappa shape index (κ1) is 29.9. The SMILES string of the molecule is CCOC(=O)[C@@H](OC(C)(C)C)c1c(C)cc2nc(-c3cccc(-c4ccc5c(cnn5C)c4)n3)sc2c1-c1ccc(Cl)cc1. The molecule has 1 atom stereocenters. The number of hydrogen-bond acceptors (Lipinski definition) is 7. The summed E-state index contributed by atoms with van der Waals surface area (Å²) in [5, 5.41) is 6.83. The Morgan fingerprint density at radius 2 is 1.73 bits per heavy atom. The normalized spacial score (nSPS) is 12.6. The minimum atomic E-state index is -0.931. The van der Waals surface area contributed by atoms with E-state index in [1.807, 2.05) is 94.2 Å². The number of aromatic nitrogens is 4. The summed E-state index contributed by atoms with van der Waals surface area (Å²) < 4.78 is 14.7. The van der Waals surface area contributed by atoms with Crippen molar-refractivity contribution < 1.29 is 14.3 Å². The molecule has 0 amide bonds. The molecule has 0 aliphatic rings. The van der Waals surface area contributed by atoms with Gasteiger partial charge in [-0.05, 0) is 88.2 Å². The second-order valence-electron chi connectivity index (χ2n) is 11.7. The summed E-state index contributed by atoms with van der Waals surface area (Å²) in [6.45, 7) is 9.84. The highest BCUT2D eigenvalue weighted by atomic mass is 35.5. The monoisotopic (exact) mass is 624 g/mol. The number of pyridine rings is 1. The summed E-state index contributed by atoms with van der Waals surface area (Å²) >= 11 is 7.83. The number of carbonyl (C=O) groups excluding carboxylic acids is 1. The van der Waals surface area contributed by atoms with E-state index in [2.05, 4.69) is 23.3 Å². The van der Waals surface area contributed by atoms with Gasteiger partial charge < -0.3 is 9.47 Å². The molecule has 0 aliphatic heterocycles. The zero-order valence-corrected chi connectivity index (χ0v) is 27.1. The van der Waals surface area contributed by atoms with E-state index >= 15 is 0 Å². The second kappa shape index (κ2) is 11.8. The Balaban J connectivity index is 1.53. The minimum Gasteiger partial charge on any atom is -0.464 e. The fraction of sp³-hybridized carbons (Fsp3) is 0.257. The van der Waals surface area contributed by atoms with Crippen LogP contribution in [0.4, 0.5) is 0 Å². The highest BCUT2D eigenvalue weighted by molar-refractivity contribution is 7.22. The van der Waals surface area contributed by atoms with Crippen LogP contribution in [0.15, 0.2) is 72.9 Å². The minimum absolute atomic E-state index is 0.251. The number of hydrogen-bond donors (Lipinski definition) is 0. The van der Waals surface area contributed by atoms with Crippen LogP contribution in [0.3, 0.4) is 0 Å². The van der Waals surface area contributed by atoms with E-state index in [0.29, 0.717) is 5.02 Å². The number of esters is 1. The zero-order chi connectivity index (χ0) is 31.2. The molecule has 0 spiro atoms. The van der Waals surface area contributed by atoms with Crippen molar-refractivity contribution in [1.29, 1.82) is 0 Å². The largest absolute Gasteiger partial charge is 0.464 e. The van der Waals surface area contributed by atoms with Crippen molar-refractivity contribution >= 4 is 50.0 Å². The molecule has 3 aromatic heterocycles. The molecule has 0 radical (unpaired) electrons. The molecule has 7 nitrogen and oxygen atoms in total. The Kier molecular flexibility index (Phi) is 8.01. The maximum absolute atomic E-state index is 13.4. The van der Waals surface area contributed by atoms with Crippen molar-refractivity contribution in [2.24, 2.45) is 7.05 Å². The van der Waals surface area contributed by atoms with Crippen LogP contribution >= 0.6 is 22.9 Å². The number of carbonyl (C=O) groups is 1. The summed E-state index contributed by atoms with van der Waals surface area (Å²) in [6.07, 6.45) is 0.931. The number of ether oxygens (including phenoxy) is 2. The lowest BCUT2D eigenvalue weighted by atomic mass is 9.91. The smallest absolute Gasteiger partial charge is 0.339 e. The lowest BCUT2D eigenvalue weighted by Gasteiger charge is -2.29. The van der Waals surface area contributed by atoms with Gasteiger partial charge in [0.2, 0.25) is 0 Å². The molecule has 3 aromatic carbocycles. The van der Waals surface area contributed by atoms with Gasteiger partial charge in [-0.3, -0.25) is 4.68 Å².